The van der Waals surface area contributed by atoms with Gasteiger partial charge in [-0.1, -0.05) is 42.5 Å². The van der Waals surface area contributed by atoms with Crippen LogP contribution >= 0.6 is 0 Å². The molecular formula is C17H18N2O4. The van der Waals surface area contributed by atoms with Gasteiger partial charge in [0.15, 0.2) is 0 Å². The molecule has 3 atom stereocenters. The summed E-state index contributed by atoms with van der Waals surface area (Å²) in [6, 6.07) is 11.5. The lowest BCUT2D eigenvalue weighted by molar-refractivity contribution is -0.149. The van der Waals surface area contributed by atoms with Gasteiger partial charge < -0.3 is 21.3 Å². The van der Waals surface area contributed by atoms with Gasteiger partial charge >= 0.3 is 11.9 Å². The SMILES string of the molecule is NC(c1cccc2ccccc12)[C@]1(C(=O)O)CN[C@@H](C(=O)O)C1. The van der Waals surface area contributed by atoms with Crippen molar-refractivity contribution < 1.29 is 19.8 Å². The van der Waals surface area contributed by atoms with Crippen LogP contribution in [0.2, 0.25) is 0 Å². The van der Waals surface area contributed by atoms with Crippen molar-refractivity contribution in [2.24, 2.45) is 11.1 Å². The fourth-order valence-electron chi connectivity index (χ4n) is 3.34. The van der Waals surface area contributed by atoms with Gasteiger partial charge in [0.05, 0.1) is 0 Å². The van der Waals surface area contributed by atoms with Gasteiger partial charge in [-0.3, -0.25) is 9.59 Å². The number of benzene rings is 2. The molecule has 1 aliphatic rings. The topological polar surface area (TPSA) is 113 Å². The van der Waals surface area contributed by atoms with Crippen LogP contribution in [0.4, 0.5) is 0 Å². The van der Waals surface area contributed by atoms with Gasteiger partial charge in [0, 0.05) is 12.6 Å². The number of carbonyl (C=O) groups is 2. The Kier molecular flexibility index (Phi) is 3.79. The van der Waals surface area contributed by atoms with Crippen LogP contribution in [0.25, 0.3) is 10.8 Å². The summed E-state index contributed by atoms with van der Waals surface area (Å²) >= 11 is 0. The average molecular weight is 314 g/mol. The molecule has 3 rings (SSSR count). The van der Waals surface area contributed by atoms with E-state index in [1.807, 2.05) is 42.5 Å². The summed E-state index contributed by atoms with van der Waals surface area (Å²) in [5, 5.41) is 23.5. The minimum atomic E-state index is -1.34. The average Bonchev–Trinajstić information content (AvgIpc) is 3.00. The lowest BCUT2D eigenvalue weighted by Crippen LogP contribution is -2.43. The molecule has 6 nitrogen and oxygen atoms in total. The van der Waals surface area contributed by atoms with Crippen LogP contribution < -0.4 is 11.1 Å². The van der Waals surface area contributed by atoms with Gasteiger partial charge in [-0.05, 0) is 22.8 Å². The van der Waals surface area contributed by atoms with Crippen LogP contribution in [0.3, 0.4) is 0 Å². The van der Waals surface area contributed by atoms with Crippen molar-refractivity contribution in [2.45, 2.75) is 18.5 Å². The van der Waals surface area contributed by atoms with E-state index in [1.54, 1.807) is 0 Å². The lowest BCUT2D eigenvalue weighted by atomic mass is 9.74. The van der Waals surface area contributed by atoms with Crippen molar-refractivity contribution in [1.82, 2.24) is 5.32 Å². The van der Waals surface area contributed by atoms with Gasteiger partial charge in [0.1, 0.15) is 11.5 Å². The Labute approximate surface area is 132 Å². The third-order valence-electron chi connectivity index (χ3n) is 4.71. The second-order valence-electron chi connectivity index (χ2n) is 5.98. The van der Waals surface area contributed by atoms with E-state index in [9.17, 15) is 14.7 Å². The summed E-state index contributed by atoms with van der Waals surface area (Å²) in [4.78, 5) is 23.1. The first kappa shape index (κ1) is 15.5. The zero-order valence-corrected chi connectivity index (χ0v) is 12.4. The van der Waals surface area contributed by atoms with Gasteiger partial charge in [-0.2, -0.15) is 0 Å². The van der Waals surface area contributed by atoms with Gasteiger partial charge in [-0.15, -0.1) is 0 Å². The van der Waals surface area contributed by atoms with Crippen molar-refractivity contribution in [2.75, 3.05) is 6.54 Å². The molecule has 5 N–H and O–H groups in total. The maximum absolute atomic E-state index is 11.9. The smallest absolute Gasteiger partial charge is 0.320 e. The normalized spacial score (nSPS) is 25.3. The minimum Gasteiger partial charge on any atom is -0.481 e. The van der Waals surface area contributed by atoms with Crippen LogP contribution in [-0.2, 0) is 9.59 Å². The highest BCUT2D eigenvalue weighted by atomic mass is 16.4. The van der Waals surface area contributed by atoms with Crippen LogP contribution in [0.15, 0.2) is 42.5 Å². The molecule has 2 aromatic rings. The number of carboxylic acid groups (broad SMARTS) is 2. The first-order chi connectivity index (χ1) is 11.0. The molecule has 0 aliphatic carbocycles. The van der Waals surface area contributed by atoms with Crippen molar-refractivity contribution in [3.63, 3.8) is 0 Å². The van der Waals surface area contributed by atoms with E-state index in [1.165, 1.54) is 0 Å². The fraction of sp³-hybridized carbons (Fsp3) is 0.294. The summed E-state index contributed by atoms with van der Waals surface area (Å²) in [5.41, 5.74) is 5.73. The predicted molar refractivity (Wildman–Crippen MR) is 85.0 cm³/mol. The Morgan fingerprint density at radius 1 is 1.17 bits per heavy atom. The number of nitrogens with two attached hydrogens (primary N) is 1. The second-order valence-corrected chi connectivity index (χ2v) is 5.98. The van der Waals surface area contributed by atoms with Crippen LogP contribution in [0.5, 0.6) is 0 Å². The van der Waals surface area contributed by atoms with Gasteiger partial charge in [0.2, 0.25) is 0 Å². The molecular weight excluding hydrogens is 296 g/mol. The first-order valence-corrected chi connectivity index (χ1v) is 7.38. The molecule has 23 heavy (non-hydrogen) atoms. The molecule has 1 fully saturated rings. The van der Waals surface area contributed by atoms with E-state index in [0.29, 0.717) is 0 Å². The molecule has 0 amide bonds. The molecule has 2 aromatic carbocycles. The van der Waals surface area contributed by atoms with Gasteiger partial charge in [-0.25, -0.2) is 0 Å². The van der Waals surface area contributed by atoms with E-state index < -0.39 is 29.4 Å². The van der Waals surface area contributed by atoms with Crippen molar-refractivity contribution in [3.8, 4) is 0 Å². The lowest BCUT2D eigenvalue weighted by Gasteiger charge is -2.31. The van der Waals surface area contributed by atoms with E-state index in [0.717, 1.165) is 16.3 Å². The zero-order chi connectivity index (χ0) is 16.6. The predicted octanol–water partition coefficient (Wildman–Crippen LogP) is 1.36. The molecule has 6 heteroatoms. The van der Waals surface area contributed by atoms with E-state index in [4.69, 9.17) is 10.8 Å². The molecule has 1 saturated heterocycles. The third kappa shape index (κ3) is 2.46. The number of fused-ring (bicyclic) bond motifs is 1. The van der Waals surface area contributed by atoms with Crippen molar-refractivity contribution in [1.29, 1.82) is 0 Å². The maximum Gasteiger partial charge on any atom is 0.320 e. The van der Waals surface area contributed by atoms with Crippen molar-refractivity contribution >= 4 is 22.7 Å². The van der Waals surface area contributed by atoms with Crippen LogP contribution in [0, 0.1) is 5.41 Å². The van der Waals surface area contributed by atoms with Crippen LogP contribution in [0.1, 0.15) is 18.0 Å². The molecule has 0 radical (unpaired) electrons. The Balaban J connectivity index is 2.07. The molecule has 1 heterocycles. The van der Waals surface area contributed by atoms with Crippen molar-refractivity contribution in [3.05, 3.63) is 48.0 Å². The largest absolute Gasteiger partial charge is 0.481 e. The molecule has 1 unspecified atom stereocenters. The number of carboxylic acids is 2. The first-order valence-electron chi connectivity index (χ1n) is 7.38. The summed E-state index contributed by atoms with van der Waals surface area (Å²) in [5.74, 6) is -2.13. The number of hydrogen-bond acceptors (Lipinski definition) is 4. The van der Waals surface area contributed by atoms with E-state index in [2.05, 4.69) is 5.32 Å². The monoisotopic (exact) mass is 314 g/mol. The second kappa shape index (κ2) is 5.64. The minimum absolute atomic E-state index is 0.0314. The van der Waals surface area contributed by atoms with E-state index >= 15 is 0 Å². The maximum atomic E-state index is 11.9. The summed E-state index contributed by atoms with van der Waals surface area (Å²) < 4.78 is 0. The third-order valence-corrected chi connectivity index (χ3v) is 4.71. The number of hydrogen-bond donors (Lipinski definition) is 4. The van der Waals surface area contributed by atoms with Gasteiger partial charge in [0.25, 0.3) is 0 Å². The molecule has 0 saturated carbocycles. The fourth-order valence-corrected chi connectivity index (χ4v) is 3.34. The quantitative estimate of drug-likeness (QED) is 0.678. The Morgan fingerprint density at radius 3 is 2.52 bits per heavy atom. The zero-order valence-electron chi connectivity index (χ0n) is 12.4. The van der Waals surface area contributed by atoms with E-state index in [-0.39, 0.29) is 13.0 Å². The Morgan fingerprint density at radius 2 is 1.87 bits per heavy atom. The molecule has 120 valence electrons. The summed E-state index contributed by atoms with van der Waals surface area (Å²) in [6.45, 7) is 0.0314. The highest BCUT2D eigenvalue weighted by molar-refractivity contribution is 5.88. The molecule has 0 spiro atoms. The Hall–Kier alpha value is -2.44. The number of aliphatic carboxylic acids is 2. The standard InChI is InChI=1S/C17H18N2O4/c18-14(12-7-3-5-10-4-1-2-6-11(10)12)17(16(22)23)8-13(15(20)21)19-9-17/h1-7,13-14,19H,8-9,18H2,(H,20,21)(H,22,23)/t13-,14?,17-/m1/s1. The molecule has 0 aromatic heterocycles. The highest BCUT2D eigenvalue weighted by Gasteiger charge is 2.52. The summed E-state index contributed by atoms with van der Waals surface area (Å²) in [7, 11) is 0. The van der Waals surface area contributed by atoms with Crippen LogP contribution in [-0.4, -0.2) is 34.7 Å². The molecule has 0 bridgehead atoms. The summed E-state index contributed by atoms with van der Waals surface area (Å²) in [6.07, 6.45) is -0.0396. The molecule has 1 aliphatic heterocycles. The Bertz CT molecular complexity index is 771. The highest BCUT2D eigenvalue weighted by Crippen LogP contribution is 2.42. The number of nitrogens with one attached hydrogen (secondary N) is 1. The number of rotatable bonds is 4.